The number of amides is 2. The van der Waals surface area contributed by atoms with Crippen LogP contribution in [0.1, 0.15) is 35.2 Å². The Morgan fingerprint density at radius 1 is 1.12 bits per heavy atom. The van der Waals surface area contributed by atoms with E-state index in [1.807, 2.05) is 29.2 Å². The third-order valence-corrected chi connectivity index (χ3v) is 5.43. The molecule has 2 amide bonds. The van der Waals surface area contributed by atoms with Gasteiger partial charge in [-0.05, 0) is 51.1 Å². The lowest BCUT2D eigenvalue weighted by atomic mass is 10.1. The van der Waals surface area contributed by atoms with Crippen molar-refractivity contribution in [2.24, 2.45) is 0 Å². The maximum absolute atomic E-state index is 12.3. The van der Waals surface area contributed by atoms with E-state index in [0.717, 1.165) is 56.6 Å². The topological polar surface area (TPSA) is 55.9 Å². The highest BCUT2D eigenvalue weighted by molar-refractivity contribution is 5.94. The Morgan fingerprint density at radius 3 is 2.42 bits per heavy atom. The molecule has 1 N–H and O–H groups in total. The molecule has 2 aliphatic rings. The van der Waals surface area contributed by atoms with E-state index >= 15 is 0 Å². The molecule has 1 aromatic rings. The average Bonchev–Trinajstić information content (AvgIpc) is 3.32. The van der Waals surface area contributed by atoms with E-state index in [-0.39, 0.29) is 11.8 Å². The molecule has 0 spiro atoms. The van der Waals surface area contributed by atoms with Crippen molar-refractivity contribution in [2.45, 2.75) is 31.8 Å². The number of nitrogens with one attached hydrogen (secondary N) is 1. The maximum atomic E-state index is 12.3. The van der Waals surface area contributed by atoms with Crippen LogP contribution in [-0.2, 0) is 11.3 Å². The smallest absolute Gasteiger partial charge is 0.253 e. The number of likely N-dealkylation sites (tertiary alicyclic amines) is 2. The molecule has 0 aliphatic carbocycles. The van der Waals surface area contributed by atoms with E-state index in [1.165, 1.54) is 0 Å². The molecule has 2 aliphatic heterocycles. The van der Waals surface area contributed by atoms with Gasteiger partial charge in [-0.25, -0.2) is 0 Å². The summed E-state index contributed by atoms with van der Waals surface area (Å²) in [7, 11) is 4.18. The summed E-state index contributed by atoms with van der Waals surface area (Å²) in [6.07, 6.45) is 3.32. The minimum absolute atomic E-state index is 0.0571. The van der Waals surface area contributed by atoms with Crippen LogP contribution in [0.5, 0.6) is 0 Å². The van der Waals surface area contributed by atoms with Gasteiger partial charge in [0.15, 0.2) is 0 Å². The highest BCUT2D eigenvalue weighted by Gasteiger charge is 2.25. The van der Waals surface area contributed by atoms with Gasteiger partial charge in [0.05, 0.1) is 6.54 Å². The Kier molecular flexibility index (Phi) is 6.27. The Balaban J connectivity index is 1.43. The number of hydrogen-bond acceptors (Lipinski definition) is 4. The Labute approximate surface area is 156 Å². The SMILES string of the molecule is CN(C)C1CCN(CC(=O)NCc2ccc(C(=O)N3CCCC3)cc2)C1. The van der Waals surface area contributed by atoms with Crippen LogP contribution in [0.3, 0.4) is 0 Å². The summed E-state index contributed by atoms with van der Waals surface area (Å²) in [5.74, 6) is 0.171. The van der Waals surface area contributed by atoms with Gasteiger partial charge in [-0.2, -0.15) is 0 Å². The second-order valence-corrected chi connectivity index (χ2v) is 7.61. The summed E-state index contributed by atoms with van der Waals surface area (Å²) < 4.78 is 0. The van der Waals surface area contributed by atoms with Gasteiger partial charge in [0.2, 0.25) is 5.91 Å². The molecule has 1 unspecified atom stereocenters. The van der Waals surface area contributed by atoms with E-state index in [4.69, 9.17) is 0 Å². The van der Waals surface area contributed by atoms with Gasteiger partial charge in [-0.15, -0.1) is 0 Å². The quantitative estimate of drug-likeness (QED) is 0.830. The molecule has 26 heavy (non-hydrogen) atoms. The number of benzene rings is 1. The first-order valence-corrected chi connectivity index (χ1v) is 9.56. The molecule has 142 valence electrons. The van der Waals surface area contributed by atoms with Crippen molar-refractivity contribution in [1.29, 1.82) is 0 Å². The second kappa shape index (κ2) is 8.64. The molecule has 0 bridgehead atoms. The first-order valence-electron chi connectivity index (χ1n) is 9.56. The van der Waals surface area contributed by atoms with Crippen LogP contribution in [0.4, 0.5) is 0 Å². The predicted octanol–water partition coefficient (Wildman–Crippen LogP) is 1.17. The number of hydrogen-bond donors (Lipinski definition) is 1. The van der Waals surface area contributed by atoms with Gasteiger partial charge < -0.3 is 15.1 Å². The molecule has 6 nitrogen and oxygen atoms in total. The molecule has 2 fully saturated rings. The standard InChI is InChI=1S/C20H30N4O2/c1-22(2)18-9-12-23(14-18)15-19(25)21-13-16-5-7-17(8-6-16)20(26)24-10-3-4-11-24/h5-8,18H,3-4,9-15H2,1-2H3,(H,21,25). The first kappa shape index (κ1) is 18.9. The van der Waals surface area contributed by atoms with Crippen molar-refractivity contribution in [2.75, 3.05) is 46.8 Å². The van der Waals surface area contributed by atoms with Crippen LogP contribution in [0.25, 0.3) is 0 Å². The highest BCUT2D eigenvalue weighted by atomic mass is 16.2. The summed E-state index contributed by atoms with van der Waals surface area (Å²) in [6.45, 7) is 4.61. The average molecular weight is 358 g/mol. The van der Waals surface area contributed by atoms with E-state index in [9.17, 15) is 9.59 Å². The molecule has 2 saturated heterocycles. The van der Waals surface area contributed by atoms with Crippen molar-refractivity contribution < 1.29 is 9.59 Å². The zero-order valence-electron chi connectivity index (χ0n) is 15.9. The van der Waals surface area contributed by atoms with Crippen LogP contribution in [0.15, 0.2) is 24.3 Å². The summed E-state index contributed by atoms with van der Waals surface area (Å²) in [4.78, 5) is 30.9. The van der Waals surface area contributed by atoms with Crippen LogP contribution >= 0.6 is 0 Å². The summed E-state index contributed by atoms with van der Waals surface area (Å²) >= 11 is 0. The maximum Gasteiger partial charge on any atom is 0.253 e. The lowest BCUT2D eigenvalue weighted by Gasteiger charge is -2.20. The Bertz CT molecular complexity index is 623. The minimum Gasteiger partial charge on any atom is -0.351 e. The van der Waals surface area contributed by atoms with Crippen molar-refractivity contribution in [1.82, 2.24) is 20.0 Å². The summed E-state index contributed by atoms with van der Waals surface area (Å²) in [5, 5.41) is 2.98. The van der Waals surface area contributed by atoms with Crippen LogP contribution in [0, 0.1) is 0 Å². The van der Waals surface area contributed by atoms with Crippen molar-refractivity contribution in [3.63, 3.8) is 0 Å². The van der Waals surface area contributed by atoms with Crippen molar-refractivity contribution in [3.05, 3.63) is 35.4 Å². The van der Waals surface area contributed by atoms with Crippen molar-refractivity contribution >= 4 is 11.8 Å². The molecular formula is C20H30N4O2. The van der Waals surface area contributed by atoms with Crippen molar-refractivity contribution in [3.8, 4) is 0 Å². The van der Waals surface area contributed by atoms with Gasteiger partial charge >= 0.3 is 0 Å². The minimum atomic E-state index is 0.0571. The second-order valence-electron chi connectivity index (χ2n) is 7.61. The monoisotopic (exact) mass is 358 g/mol. The largest absolute Gasteiger partial charge is 0.351 e. The number of likely N-dealkylation sites (N-methyl/N-ethyl adjacent to an activating group) is 1. The summed E-state index contributed by atoms with van der Waals surface area (Å²) in [6, 6.07) is 8.14. The highest BCUT2D eigenvalue weighted by Crippen LogP contribution is 2.14. The van der Waals surface area contributed by atoms with Gasteiger partial charge in [-0.1, -0.05) is 12.1 Å². The van der Waals surface area contributed by atoms with Crippen LogP contribution in [0.2, 0.25) is 0 Å². The third-order valence-electron chi connectivity index (χ3n) is 5.43. The van der Waals surface area contributed by atoms with E-state index in [1.54, 1.807) is 0 Å². The first-order chi connectivity index (χ1) is 12.5. The molecule has 3 rings (SSSR count). The molecular weight excluding hydrogens is 328 g/mol. The van der Waals surface area contributed by atoms with E-state index < -0.39 is 0 Å². The fourth-order valence-electron chi connectivity index (χ4n) is 3.70. The zero-order chi connectivity index (χ0) is 18.5. The predicted molar refractivity (Wildman–Crippen MR) is 102 cm³/mol. The number of nitrogens with zero attached hydrogens (tertiary/aromatic N) is 3. The Morgan fingerprint density at radius 2 is 1.81 bits per heavy atom. The molecule has 6 heteroatoms. The van der Waals surface area contributed by atoms with Gasteiger partial charge in [0.25, 0.3) is 5.91 Å². The van der Waals surface area contributed by atoms with Crippen LogP contribution in [-0.4, -0.2) is 79.4 Å². The molecule has 0 saturated carbocycles. The Hall–Kier alpha value is -1.92. The molecule has 2 heterocycles. The fourth-order valence-corrected chi connectivity index (χ4v) is 3.70. The van der Waals surface area contributed by atoms with E-state index in [0.29, 0.717) is 19.1 Å². The summed E-state index contributed by atoms with van der Waals surface area (Å²) in [5.41, 5.74) is 1.75. The molecule has 0 radical (unpaired) electrons. The van der Waals surface area contributed by atoms with Gasteiger partial charge in [0, 0.05) is 44.3 Å². The molecule has 1 atom stereocenters. The zero-order valence-corrected chi connectivity index (χ0v) is 15.9. The lowest BCUT2D eigenvalue weighted by Crippen LogP contribution is -2.38. The van der Waals surface area contributed by atoms with Gasteiger partial charge in [0.1, 0.15) is 0 Å². The molecule has 1 aromatic carbocycles. The van der Waals surface area contributed by atoms with E-state index in [2.05, 4.69) is 29.2 Å². The lowest BCUT2D eigenvalue weighted by molar-refractivity contribution is -0.122. The third kappa shape index (κ3) is 4.83. The molecule has 0 aromatic heterocycles. The normalized spacial score (nSPS) is 20.7. The number of carbonyl (C=O) groups excluding carboxylic acids is 2. The number of carbonyl (C=O) groups is 2. The fraction of sp³-hybridized carbons (Fsp3) is 0.600. The van der Waals surface area contributed by atoms with Crippen LogP contribution < -0.4 is 5.32 Å². The number of rotatable bonds is 6. The van der Waals surface area contributed by atoms with Gasteiger partial charge in [-0.3, -0.25) is 14.5 Å².